The molecule has 0 aliphatic carbocycles. The summed E-state index contributed by atoms with van der Waals surface area (Å²) >= 11 is 0. The van der Waals surface area contributed by atoms with Crippen LogP contribution in [0.5, 0.6) is 5.88 Å². The van der Waals surface area contributed by atoms with Crippen molar-refractivity contribution in [1.82, 2.24) is 34.9 Å². The van der Waals surface area contributed by atoms with Crippen LogP contribution in [0.3, 0.4) is 0 Å². The topological polar surface area (TPSA) is 106 Å². The first kappa shape index (κ1) is 16.8. The fraction of sp³-hybridized carbons (Fsp3) is 0.188. The summed E-state index contributed by atoms with van der Waals surface area (Å²) in [4.78, 5) is 13.2. The molecule has 4 aromatic rings. The van der Waals surface area contributed by atoms with Gasteiger partial charge in [0.1, 0.15) is 11.3 Å². The quantitative estimate of drug-likeness (QED) is 0.536. The number of nitrogens with one attached hydrogen (secondary N) is 2. The van der Waals surface area contributed by atoms with E-state index in [1.165, 1.54) is 12.3 Å². The van der Waals surface area contributed by atoms with Crippen LogP contribution in [-0.4, -0.2) is 41.5 Å². The average molecular weight is 372 g/mol. The van der Waals surface area contributed by atoms with E-state index in [0.29, 0.717) is 22.8 Å². The maximum absolute atomic E-state index is 12.2. The predicted octanol–water partition coefficient (Wildman–Crippen LogP) is 2.90. The van der Waals surface area contributed by atoms with Gasteiger partial charge in [0.15, 0.2) is 11.5 Å². The molecule has 2 N–H and O–H groups in total. The molecule has 27 heavy (non-hydrogen) atoms. The van der Waals surface area contributed by atoms with Crippen molar-refractivity contribution in [1.29, 1.82) is 0 Å². The first-order valence-electron chi connectivity index (χ1n) is 7.98. The van der Waals surface area contributed by atoms with E-state index in [-0.39, 0.29) is 11.9 Å². The minimum absolute atomic E-state index is 0.147. The van der Waals surface area contributed by atoms with Gasteiger partial charge < -0.3 is 10.1 Å². The molecule has 9 nitrogen and oxygen atoms in total. The van der Waals surface area contributed by atoms with Crippen molar-refractivity contribution < 1.29 is 13.5 Å². The average Bonchev–Trinajstić information content (AvgIpc) is 3.28. The molecule has 0 aromatic carbocycles. The molecule has 0 aliphatic heterocycles. The highest BCUT2D eigenvalue weighted by molar-refractivity contribution is 5.72. The number of H-pyrrole nitrogens is 1. The van der Waals surface area contributed by atoms with E-state index in [1.54, 1.807) is 17.1 Å². The fourth-order valence-electron chi connectivity index (χ4n) is 2.57. The molecule has 0 saturated carbocycles. The normalized spacial score (nSPS) is 12.4. The van der Waals surface area contributed by atoms with E-state index in [0.717, 1.165) is 5.69 Å². The summed E-state index contributed by atoms with van der Waals surface area (Å²) in [7, 11) is 0. The number of rotatable bonds is 6. The van der Waals surface area contributed by atoms with E-state index >= 15 is 0 Å². The van der Waals surface area contributed by atoms with E-state index in [2.05, 4.69) is 40.3 Å². The van der Waals surface area contributed by atoms with Gasteiger partial charge >= 0.3 is 6.61 Å². The molecular formula is C16H14F2N8O. The largest absolute Gasteiger partial charge is 0.415 e. The molecule has 1 atom stereocenters. The lowest BCUT2D eigenvalue weighted by Crippen LogP contribution is -2.11. The van der Waals surface area contributed by atoms with E-state index in [1.807, 2.05) is 25.1 Å². The number of ether oxygens (including phenoxy) is 1. The van der Waals surface area contributed by atoms with Crippen molar-refractivity contribution in [2.24, 2.45) is 0 Å². The van der Waals surface area contributed by atoms with E-state index < -0.39 is 6.61 Å². The molecule has 0 unspecified atom stereocenters. The lowest BCUT2D eigenvalue weighted by Gasteiger charge is -2.12. The second-order valence-corrected chi connectivity index (χ2v) is 5.61. The Bertz CT molecular complexity index is 1050. The molecule has 0 amide bonds. The molecule has 4 rings (SSSR count). The molecule has 0 spiro atoms. The molecule has 138 valence electrons. The highest BCUT2D eigenvalue weighted by Crippen LogP contribution is 2.22. The number of halogens is 2. The molecule has 0 aliphatic rings. The fourth-order valence-corrected chi connectivity index (χ4v) is 2.57. The Morgan fingerprint density at radius 3 is 2.89 bits per heavy atom. The predicted molar refractivity (Wildman–Crippen MR) is 91.9 cm³/mol. The standard InChI is InChI=1S/C16H14F2N8O/c1-9(10-4-2-3-5-19-10)26-15-11(7-21-26)20-8-13(23-15)22-12-6-14(25-24-12)27-16(17)18/h2-9,16H,1H3,(H2,22,23,24,25)/t9-/m1/s1. The number of hydrogen-bond acceptors (Lipinski definition) is 7. The minimum Gasteiger partial charge on any atom is -0.415 e. The van der Waals surface area contributed by atoms with Gasteiger partial charge in [0, 0.05) is 12.3 Å². The number of aromatic nitrogens is 7. The van der Waals surface area contributed by atoms with Crippen LogP contribution >= 0.6 is 0 Å². The number of alkyl halides is 2. The molecule has 4 aromatic heterocycles. The van der Waals surface area contributed by atoms with Gasteiger partial charge in [-0.25, -0.2) is 14.6 Å². The Kier molecular flexibility index (Phi) is 4.32. The van der Waals surface area contributed by atoms with Crippen LogP contribution < -0.4 is 10.1 Å². The van der Waals surface area contributed by atoms with Crippen LogP contribution in [0.2, 0.25) is 0 Å². The first-order chi connectivity index (χ1) is 13.1. The molecule has 11 heteroatoms. The Morgan fingerprint density at radius 2 is 2.11 bits per heavy atom. The molecule has 0 fully saturated rings. The van der Waals surface area contributed by atoms with Gasteiger partial charge in [0.25, 0.3) is 0 Å². The van der Waals surface area contributed by atoms with Crippen LogP contribution in [-0.2, 0) is 0 Å². The Morgan fingerprint density at radius 1 is 1.22 bits per heavy atom. The summed E-state index contributed by atoms with van der Waals surface area (Å²) in [5.41, 5.74) is 2.02. The third-order valence-corrected chi connectivity index (χ3v) is 3.81. The van der Waals surface area contributed by atoms with Crippen LogP contribution in [0, 0.1) is 0 Å². The number of pyridine rings is 1. The van der Waals surface area contributed by atoms with Crippen molar-refractivity contribution in [2.75, 3.05) is 5.32 Å². The first-order valence-corrected chi connectivity index (χ1v) is 7.98. The highest BCUT2D eigenvalue weighted by atomic mass is 19.3. The molecule has 4 heterocycles. The molecule has 0 bridgehead atoms. The Hall–Kier alpha value is -3.63. The van der Waals surface area contributed by atoms with Crippen LogP contribution in [0.15, 0.2) is 42.9 Å². The zero-order valence-electron chi connectivity index (χ0n) is 14.0. The zero-order chi connectivity index (χ0) is 18.8. The number of nitrogens with zero attached hydrogens (tertiary/aromatic N) is 6. The van der Waals surface area contributed by atoms with Gasteiger partial charge in [-0.3, -0.25) is 10.1 Å². The van der Waals surface area contributed by atoms with Gasteiger partial charge in [-0.2, -0.15) is 13.9 Å². The van der Waals surface area contributed by atoms with Gasteiger partial charge in [-0.05, 0) is 19.1 Å². The number of anilines is 2. The summed E-state index contributed by atoms with van der Waals surface area (Å²) < 4.78 is 30.4. The smallest absolute Gasteiger partial charge is 0.388 e. The second kappa shape index (κ2) is 6.94. The Labute approximate surface area is 151 Å². The van der Waals surface area contributed by atoms with Gasteiger partial charge in [0.2, 0.25) is 5.88 Å². The summed E-state index contributed by atoms with van der Waals surface area (Å²) in [6, 6.07) is 6.80. The monoisotopic (exact) mass is 372 g/mol. The second-order valence-electron chi connectivity index (χ2n) is 5.61. The van der Waals surface area contributed by atoms with E-state index in [9.17, 15) is 8.78 Å². The van der Waals surface area contributed by atoms with Crippen molar-refractivity contribution in [3.05, 3.63) is 48.5 Å². The van der Waals surface area contributed by atoms with E-state index in [4.69, 9.17) is 0 Å². The van der Waals surface area contributed by atoms with Crippen LogP contribution in [0.4, 0.5) is 20.4 Å². The van der Waals surface area contributed by atoms with Crippen molar-refractivity contribution >= 4 is 22.8 Å². The van der Waals surface area contributed by atoms with Gasteiger partial charge in [-0.1, -0.05) is 6.07 Å². The van der Waals surface area contributed by atoms with Crippen molar-refractivity contribution in [3.63, 3.8) is 0 Å². The number of aromatic amines is 1. The number of fused-ring (bicyclic) bond motifs is 1. The molecular weight excluding hydrogens is 358 g/mol. The highest BCUT2D eigenvalue weighted by Gasteiger charge is 2.16. The third-order valence-electron chi connectivity index (χ3n) is 3.81. The van der Waals surface area contributed by atoms with Gasteiger partial charge in [-0.15, -0.1) is 5.10 Å². The number of hydrogen-bond donors (Lipinski definition) is 2. The molecule has 0 saturated heterocycles. The lowest BCUT2D eigenvalue weighted by atomic mass is 10.2. The summed E-state index contributed by atoms with van der Waals surface area (Å²) in [5.74, 6) is 0.503. The minimum atomic E-state index is -2.94. The zero-order valence-corrected chi connectivity index (χ0v) is 14.0. The SMILES string of the molecule is C[C@H](c1ccccn1)n1ncc2ncc(Nc3cc(OC(F)F)n[nH]3)nc21. The van der Waals surface area contributed by atoms with Crippen LogP contribution in [0.1, 0.15) is 18.7 Å². The maximum atomic E-state index is 12.2. The molecule has 0 radical (unpaired) electrons. The van der Waals surface area contributed by atoms with Crippen LogP contribution in [0.25, 0.3) is 11.2 Å². The summed E-state index contributed by atoms with van der Waals surface area (Å²) in [6.07, 6.45) is 4.85. The van der Waals surface area contributed by atoms with Crippen molar-refractivity contribution in [2.45, 2.75) is 19.6 Å². The summed E-state index contributed by atoms with van der Waals surface area (Å²) in [6.45, 7) is -0.987. The summed E-state index contributed by atoms with van der Waals surface area (Å²) in [5, 5.41) is 13.4. The maximum Gasteiger partial charge on any atom is 0.388 e. The lowest BCUT2D eigenvalue weighted by molar-refractivity contribution is -0.0528. The van der Waals surface area contributed by atoms with Crippen molar-refractivity contribution in [3.8, 4) is 5.88 Å². The third kappa shape index (κ3) is 3.52. The van der Waals surface area contributed by atoms with Gasteiger partial charge in [0.05, 0.1) is 24.1 Å². The Balaban J connectivity index is 1.61.